The molecule has 1 fully saturated rings. The van der Waals surface area contributed by atoms with Crippen molar-refractivity contribution in [2.45, 2.75) is 57.2 Å². The zero-order valence-electron chi connectivity index (χ0n) is 28.6. The summed E-state index contributed by atoms with van der Waals surface area (Å²) in [7, 11) is -4.46. The smallest absolute Gasteiger partial charge is 0.335 e. The van der Waals surface area contributed by atoms with E-state index in [4.69, 9.17) is 5.73 Å². The Bertz CT molecular complexity index is 2000. The number of likely N-dealkylation sites (tertiary alicyclic amines) is 1. The number of carbonyl (C=O) groups is 5. The maximum Gasteiger partial charge on any atom is 0.335 e. The van der Waals surface area contributed by atoms with Crippen LogP contribution < -0.4 is 16.4 Å². The number of urea groups is 1. The molecule has 1 aliphatic rings. The van der Waals surface area contributed by atoms with Gasteiger partial charge in [-0.25, -0.2) is 4.79 Å². The van der Waals surface area contributed by atoms with Crippen LogP contribution in [0.4, 0.5) is 4.79 Å². The van der Waals surface area contributed by atoms with Gasteiger partial charge in [-0.05, 0) is 64.4 Å². The highest BCUT2D eigenvalue weighted by Crippen LogP contribution is 2.39. The molecular formula is C36H42N5O8PS2. The number of rotatable bonds is 14. The Kier molecular flexibility index (Phi) is 13.1. The van der Waals surface area contributed by atoms with Crippen LogP contribution in [0.15, 0.2) is 72.1 Å². The van der Waals surface area contributed by atoms with E-state index in [2.05, 4.69) is 10.6 Å². The van der Waals surface area contributed by atoms with Gasteiger partial charge in [0.15, 0.2) is 0 Å². The van der Waals surface area contributed by atoms with Crippen molar-refractivity contribution in [3.63, 3.8) is 0 Å². The summed E-state index contributed by atoms with van der Waals surface area (Å²) < 4.78 is 12.7. The predicted molar refractivity (Wildman–Crippen MR) is 203 cm³/mol. The van der Waals surface area contributed by atoms with Gasteiger partial charge in [0.05, 0.1) is 5.49 Å². The Balaban J connectivity index is 1.35. The number of thiophene rings is 1. The van der Waals surface area contributed by atoms with E-state index in [-0.39, 0.29) is 31.7 Å². The molecule has 4 aromatic rings. The number of imide groups is 1. The molecule has 0 aliphatic carbocycles. The molecule has 5 rings (SSSR count). The van der Waals surface area contributed by atoms with Crippen LogP contribution in [0.1, 0.15) is 37.3 Å². The van der Waals surface area contributed by atoms with E-state index in [9.17, 15) is 38.3 Å². The third kappa shape index (κ3) is 10.2. The van der Waals surface area contributed by atoms with Gasteiger partial charge < -0.3 is 31.1 Å². The largest absolute Gasteiger partial charge is 0.351 e. The summed E-state index contributed by atoms with van der Waals surface area (Å²) in [6.45, 7) is 1.41. The fraction of sp³-hybridized carbons (Fsp3) is 0.361. The van der Waals surface area contributed by atoms with Gasteiger partial charge >= 0.3 is 13.6 Å². The number of primary amides is 1. The molecule has 3 atom stereocenters. The van der Waals surface area contributed by atoms with E-state index in [0.29, 0.717) is 19.3 Å². The molecule has 16 heteroatoms. The van der Waals surface area contributed by atoms with Crippen molar-refractivity contribution in [1.29, 1.82) is 0 Å². The predicted octanol–water partition coefficient (Wildman–Crippen LogP) is 3.99. The molecular weight excluding hydrogens is 726 g/mol. The first-order valence-electron chi connectivity index (χ1n) is 16.8. The number of piperidine rings is 1. The Morgan fingerprint density at radius 3 is 2.46 bits per heavy atom. The number of nitrogens with one attached hydrogen (secondary N) is 2. The molecule has 6 N–H and O–H groups in total. The second-order valence-electron chi connectivity index (χ2n) is 12.7. The van der Waals surface area contributed by atoms with Crippen LogP contribution >= 0.6 is 30.7 Å². The first-order valence-corrected chi connectivity index (χ1v) is 20.7. The Morgan fingerprint density at radius 1 is 1.00 bits per heavy atom. The van der Waals surface area contributed by atoms with Crippen molar-refractivity contribution in [1.82, 2.24) is 20.4 Å². The lowest BCUT2D eigenvalue weighted by molar-refractivity contribution is -0.147. The minimum atomic E-state index is -4.46. The van der Waals surface area contributed by atoms with Crippen molar-refractivity contribution >= 4 is 81.2 Å². The molecule has 13 nitrogen and oxygen atoms in total. The van der Waals surface area contributed by atoms with Crippen molar-refractivity contribution < 1.29 is 38.3 Å². The third-order valence-corrected chi connectivity index (χ3v) is 12.5. The number of hydrogen-bond acceptors (Lipinski definition) is 8. The molecule has 276 valence electrons. The van der Waals surface area contributed by atoms with Crippen molar-refractivity contribution in [3.05, 3.63) is 83.2 Å². The summed E-state index contributed by atoms with van der Waals surface area (Å²) in [5, 5.41) is 10.3. The van der Waals surface area contributed by atoms with Gasteiger partial charge in [-0.15, -0.1) is 23.1 Å². The molecule has 1 aromatic heterocycles. The molecule has 6 amide bonds. The van der Waals surface area contributed by atoms with Crippen LogP contribution in [0.5, 0.6) is 0 Å². The van der Waals surface area contributed by atoms with Crippen LogP contribution in [0.3, 0.4) is 0 Å². The lowest BCUT2D eigenvalue weighted by atomic mass is 9.99. The molecule has 0 radical (unpaired) electrons. The molecule has 0 bridgehead atoms. The number of nitrogens with two attached hydrogens (primary N) is 1. The van der Waals surface area contributed by atoms with E-state index >= 15 is 0 Å². The normalized spacial score (nSPS) is 15.9. The first kappa shape index (κ1) is 38.9. The summed E-state index contributed by atoms with van der Waals surface area (Å²) in [4.78, 5) is 88.2. The van der Waals surface area contributed by atoms with Crippen molar-refractivity contribution in [2.24, 2.45) is 5.73 Å². The molecule has 3 unspecified atom stereocenters. The average molecular weight is 768 g/mol. The Morgan fingerprint density at radius 2 is 1.73 bits per heavy atom. The van der Waals surface area contributed by atoms with Gasteiger partial charge in [-0.2, -0.15) is 0 Å². The summed E-state index contributed by atoms with van der Waals surface area (Å²) >= 11 is 2.28. The lowest BCUT2D eigenvalue weighted by Gasteiger charge is -2.38. The maximum atomic E-state index is 14.3. The number of benzene rings is 3. The van der Waals surface area contributed by atoms with Gasteiger partial charge in [0, 0.05) is 36.9 Å². The number of carbonyl (C=O) groups excluding carboxylic acids is 5. The van der Waals surface area contributed by atoms with E-state index in [1.807, 2.05) is 72.1 Å². The minimum Gasteiger partial charge on any atom is -0.351 e. The van der Waals surface area contributed by atoms with Crippen LogP contribution in [0, 0.1) is 0 Å². The molecule has 1 saturated heterocycles. The van der Waals surface area contributed by atoms with E-state index in [0.717, 1.165) is 48.6 Å². The topological polar surface area (TPSA) is 199 Å². The summed E-state index contributed by atoms with van der Waals surface area (Å²) in [5.41, 5.74) is 6.82. The quantitative estimate of drug-likeness (QED) is 0.118. The molecule has 52 heavy (non-hydrogen) atoms. The zero-order chi connectivity index (χ0) is 37.4. The molecule has 1 aliphatic heterocycles. The fourth-order valence-electron chi connectivity index (χ4n) is 6.40. The van der Waals surface area contributed by atoms with Crippen LogP contribution in [-0.2, 0) is 36.6 Å². The summed E-state index contributed by atoms with van der Waals surface area (Å²) in [5.74, 6) is -2.64. The number of nitrogens with zero attached hydrogens (tertiary/aromatic N) is 2. The number of amides is 6. The van der Waals surface area contributed by atoms with Gasteiger partial charge in [0.2, 0.25) is 17.7 Å². The number of fused-ring (bicyclic) bond motifs is 2. The molecule has 3 aromatic carbocycles. The van der Waals surface area contributed by atoms with Crippen molar-refractivity contribution in [2.75, 3.05) is 24.3 Å². The minimum absolute atomic E-state index is 0.0149. The lowest BCUT2D eigenvalue weighted by Crippen LogP contribution is -2.61. The standard InChI is InChI=1S/C36H42N5O8PS2/c1-23(42)38-29(19-27-20-52-32-12-5-4-10-28(27)32)33(43)39-30(21-51-22-50(47,48)49)34(44)40-16-7-6-11-31(40)35(45)41(36(37)46)17-15-24-13-14-25-8-2-3-9-26(25)18-24/h2-5,8-10,12-14,18,20,29-31H,6-7,11,15-17,19,21-22H2,1H3,(H2,37,46)(H,38,42)(H,39,43)(H2,47,48,49). The summed E-state index contributed by atoms with van der Waals surface area (Å²) in [6.07, 6.45) is 1.86. The maximum absolute atomic E-state index is 14.3. The second-order valence-corrected chi connectivity index (χ2v) is 16.8. The highest BCUT2D eigenvalue weighted by Gasteiger charge is 2.40. The van der Waals surface area contributed by atoms with Gasteiger partial charge in [-0.1, -0.05) is 60.7 Å². The van der Waals surface area contributed by atoms with E-state index in [1.54, 1.807) is 0 Å². The Hall–Kier alpha value is -4.27. The Labute approximate surface area is 309 Å². The van der Waals surface area contributed by atoms with Gasteiger partial charge in [0.25, 0.3) is 5.91 Å². The van der Waals surface area contributed by atoms with E-state index in [1.165, 1.54) is 23.2 Å². The molecule has 0 spiro atoms. The van der Waals surface area contributed by atoms with Crippen LogP contribution in [-0.4, -0.2) is 91.7 Å². The average Bonchev–Trinajstić information content (AvgIpc) is 3.52. The van der Waals surface area contributed by atoms with Gasteiger partial charge in [-0.3, -0.25) is 28.6 Å². The van der Waals surface area contributed by atoms with Gasteiger partial charge in [0.1, 0.15) is 18.1 Å². The number of hydrogen-bond donors (Lipinski definition) is 5. The molecule has 0 saturated carbocycles. The van der Waals surface area contributed by atoms with Crippen molar-refractivity contribution in [3.8, 4) is 0 Å². The number of thioether (sulfide) groups is 1. The zero-order valence-corrected chi connectivity index (χ0v) is 31.1. The van der Waals surface area contributed by atoms with E-state index < -0.39 is 60.9 Å². The fourth-order valence-corrected chi connectivity index (χ4v) is 9.21. The highest BCUT2D eigenvalue weighted by molar-refractivity contribution is 8.04. The van der Waals surface area contributed by atoms with Crippen LogP contribution in [0.2, 0.25) is 0 Å². The SMILES string of the molecule is CC(=O)NC(Cc1csc2ccccc12)C(=O)NC(CSCP(=O)(O)O)C(=O)N1CCCCC1C(=O)N(CCc1ccc2ccccc2c1)C(N)=O. The molecule has 2 heterocycles. The summed E-state index contributed by atoms with van der Waals surface area (Å²) in [6, 6.07) is 16.9. The third-order valence-electron chi connectivity index (χ3n) is 8.88. The second kappa shape index (κ2) is 17.5. The first-order chi connectivity index (χ1) is 24.8. The monoisotopic (exact) mass is 767 g/mol. The van der Waals surface area contributed by atoms with Crippen LogP contribution in [0.25, 0.3) is 20.9 Å². The highest BCUT2D eigenvalue weighted by atomic mass is 32.2.